The molecule has 1 aromatic rings. The molecule has 0 saturated heterocycles. The monoisotopic (exact) mass is 264 g/mol. The first kappa shape index (κ1) is 15.5. The summed E-state index contributed by atoms with van der Waals surface area (Å²) in [7, 11) is 0. The molecule has 0 unspecified atom stereocenters. The fourth-order valence-corrected chi connectivity index (χ4v) is 1.71. The maximum absolute atomic E-state index is 12.1. The standard InChI is InChI=1S/C15H24N2O2/c1-4-10-19-13-9-7-8-12(11-13)17-14(18)15(16,5-2)6-3/h7-9,11H,4-6,10,16H2,1-3H3,(H,17,18). The van der Waals surface area contributed by atoms with Gasteiger partial charge in [-0.2, -0.15) is 0 Å². The first-order valence-corrected chi connectivity index (χ1v) is 6.89. The molecule has 1 amide bonds. The Hall–Kier alpha value is -1.55. The van der Waals surface area contributed by atoms with E-state index in [1.165, 1.54) is 0 Å². The lowest BCUT2D eigenvalue weighted by molar-refractivity contribution is -0.121. The minimum Gasteiger partial charge on any atom is -0.494 e. The highest BCUT2D eigenvalue weighted by atomic mass is 16.5. The number of hydrogen-bond donors (Lipinski definition) is 2. The molecule has 1 aromatic carbocycles. The van der Waals surface area contributed by atoms with Gasteiger partial charge in [-0.1, -0.05) is 26.8 Å². The van der Waals surface area contributed by atoms with Crippen LogP contribution in [-0.2, 0) is 4.79 Å². The van der Waals surface area contributed by atoms with E-state index >= 15 is 0 Å². The molecule has 0 aromatic heterocycles. The fourth-order valence-electron chi connectivity index (χ4n) is 1.71. The number of rotatable bonds is 7. The van der Waals surface area contributed by atoms with Gasteiger partial charge in [-0.05, 0) is 31.4 Å². The molecule has 4 heteroatoms. The lowest BCUT2D eigenvalue weighted by Gasteiger charge is -2.25. The molecule has 0 fully saturated rings. The third-order valence-corrected chi connectivity index (χ3v) is 3.28. The van der Waals surface area contributed by atoms with E-state index in [9.17, 15) is 4.79 Å². The molecule has 19 heavy (non-hydrogen) atoms. The molecule has 0 bridgehead atoms. The van der Waals surface area contributed by atoms with E-state index < -0.39 is 5.54 Å². The molecule has 0 saturated carbocycles. The van der Waals surface area contributed by atoms with Crippen molar-refractivity contribution in [1.82, 2.24) is 0 Å². The predicted octanol–water partition coefficient (Wildman–Crippen LogP) is 2.93. The molecule has 0 aliphatic heterocycles. The molecular formula is C15H24N2O2. The maximum atomic E-state index is 12.1. The minimum atomic E-state index is -0.805. The minimum absolute atomic E-state index is 0.148. The second-order valence-electron chi connectivity index (χ2n) is 4.69. The number of benzene rings is 1. The van der Waals surface area contributed by atoms with Crippen LogP contribution in [0.15, 0.2) is 24.3 Å². The van der Waals surface area contributed by atoms with Gasteiger partial charge in [0, 0.05) is 11.8 Å². The average Bonchev–Trinajstić information content (AvgIpc) is 2.44. The van der Waals surface area contributed by atoms with E-state index in [4.69, 9.17) is 10.5 Å². The van der Waals surface area contributed by atoms with Gasteiger partial charge in [0.15, 0.2) is 0 Å². The molecule has 4 nitrogen and oxygen atoms in total. The second kappa shape index (κ2) is 7.14. The zero-order valence-corrected chi connectivity index (χ0v) is 12.0. The van der Waals surface area contributed by atoms with Crippen molar-refractivity contribution in [1.29, 1.82) is 0 Å². The summed E-state index contributed by atoms with van der Waals surface area (Å²) < 4.78 is 5.53. The molecule has 0 heterocycles. The van der Waals surface area contributed by atoms with Gasteiger partial charge in [0.05, 0.1) is 12.1 Å². The van der Waals surface area contributed by atoms with Gasteiger partial charge in [-0.15, -0.1) is 0 Å². The Kier molecular flexibility index (Phi) is 5.83. The molecule has 0 aliphatic carbocycles. The normalized spacial score (nSPS) is 11.2. The largest absolute Gasteiger partial charge is 0.494 e. The summed E-state index contributed by atoms with van der Waals surface area (Å²) in [5.41, 5.74) is 5.98. The summed E-state index contributed by atoms with van der Waals surface area (Å²) >= 11 is 0. The maximum Gasteiger partial charge on any atom is 0.244 e. The van der Waals surface area contributed by atoms with E-state index in [1.54, 1.807) is 0 Å². The van der Waals surface area contributed by atoms with Gasteiger partial charge in [-0.25, -0.2) is 0 Å². The smallest absolute Gasteiger partial charge is 0.244 e. The van der Waals surface area contributed by atoms with E-state index in [-0.39, 0.29) is 5.91 Å². The molecular weight excluding hydrogens is 240 g/mol. The third kappa shape index (κ3) is 4.24. The number of hydrogen-bond acceptors (Lipinski definition) is 3. The van der Waals surface area contributed by atoms with Crippen LogP contribution in [0.3, 0.4) is 0 Å². The van der Waals surface area contributed by atoms with E-state index in [1.807, 2.05) is 38.1 Å². The Labute approximate surface area is 115 Å². The topological polar surface area (TPSA) is 64.3 Å². The van der Waals surface area contributed by atoms with E-state index in [0.717, 1.165) is 17.9 Å². The summed E-state index contributed by atoms with van der Waals surface area (Å²) in [6.45, 7) is 6.56. The van der Waals surface area contributed by atoms with Crippen molar-refractivity contribution in [2.24, 2.45) is 5.73 Å². The summed E-state index contributed by atoms with van der Waals surface area (Å²) in [4.78, 5) is 12.1. The van der Waals surface area contributed by atoms with Crippen LogP contribution in [0.25, 0.3) is 0 Å². The van der Waals surface area contributed by atoms with Crippen LogP contribution in [0.2, 0.25) is 0 Å². The molecule has 3 N–H and O–H groups in total. The van der Waals surface area contributed by atoms with Gasteiger partial charge >= 0.3 is 0 Å². The van der Waals surface area contributed by atoms with Gasteiger partial charge in [-0.3, -0.25) is 4.79 Å². The first-order chi connectivity index (χ1) is 9.05. The van der Waals surface area contributed by atoms with Gasteiger partial charge in [0.25, 0.3) is 0 Å². The molecule has 0 atom stereocenters. The van der Waals surface area contributed by atoms with E-state index in [2.05, 4.69) is 12.2 Å². The van der Waals surface area contributed by atoms with Crippen LogP contribution in [0.5, 0.6) is 5.75 Å². The lowest BCUT2D eigenvalue weighted by atomic mass is 9.93. The SMILES string of the molecule is CCCOc1cccc(NC(=O)C(N)(CC)CC)c1. The van der Waals surface area contributed by atoms with E-state index in [0.29, 0.717) is 19.4 Å². The summed E-state index contributed by atoms with van der Waals surface area (Å²) in [5.74, 6) is 0.611. The van der Waals surface area contributed by atoms with Crippen LogP contribution in [-0.4, -0.2) is 18.1 Å². The predicted molar refractivity (Wildman–Crippen MR) is 78.4 cm³/mol. The zero-order valence-electron chi connectivity index (χ0n) is 12.0. The first-order valence-electron chi connectivity index (χ1n) is 6.89. The van der Waals surface area contributed by atoms with Gasteiger partial charge in [0.2, 0.25) is 5.91 Å². The van der Waals surface area contributed by atoms with Crippen molar-refractivity contribution in [3.8, 4) is 5.75 Å². The zero-order chi connectivity index (χ0) is 14.3. The lowest BCUT2D eigenvalue weighted by Crippen LogP contribution is -2.50. The highest BCUT2D eigenvalue weighted by Gasteiger charge is 2.29. The quantitative estimate of drug-likeness (QED) is 0.796. The Bertz CT molecular complexity index is 414. The summed E-state index contributed by atoms with van der Waals surface area (Å²) in [5, 5.41) is 2.86. The average molecular weight is 264 g/mol. The Balaban J connectivity index is 2.74. The molecule has 1 rings (SSSR count). The van der Waals surface area contributed by atoms with Crippen LogP contribution in [0, 0.1) is 0 Å². The van der Waals surface area contributed by atoms with Crippen molar-refractivity contribution in [2.75, 3.05) is 11.9 Å². The van der Waals surface area contributed by atoms with Crippen molar-refractivity contribution in [3.05, 3.63) is 24.3 Å². The van der Waals surface area contributed by atoms with Crippen molar-refractivity contribution in [2.45, 2.75) is 45.6 Å². The number of ether oxygens (including phenoxy) is 1. The number of nitrogens with two attached hydrogens (primary N) is 1. The van der Waals surface area contributed by atoms with Crippen LogP contribution in [0.4, 0.5) is 5.69 Å². The Morgan fingerprint density at radius 1 is 1.32 bits per heavy atom. The van der Waals surface area contributed by atoms with Crippen molar-refractivity contribution < 1.29 is 9.53 Å². The van der Waals surface area contributed by atoms with Crippen molar-refractivity contribution in [3.63, 3.8) is 0 Å². The number of anilines is 1. The summed E-state index contributed by atoms with van der Waals surface area (Å²) in [6, 6.07) is 7.39. The van der Waals surface area contributed by atoms with Crippen LogP contribution < -0.4 is 15.8 Å². The molecule has 106 valence electrons. The third-order valence-electron chi connectivity index (χ3n) is 3.28. The molecule has 0 aliphatic rings. The van der Waals surface area contributed by atoms with Crippen LogP contribution >= 0.6 is 0 Å². The fraction of sp³-hybridized carbons (Fsp3) is 0.533. The molecule has 0 spiro atoms. The van der Waals surface area contributed by atoms with Crippen LogP contribution in [0.1, 0.15) is 40.0 Å². The second-order valence-corrected chi connectivity index (χ2v) is 4.69. The summed E-state index contributed by atoms with van der Waals surface area (Å²) in [6.07, 6.45) is 2.18. The Morgan fingerprint density at radius 3 is 2.58 bits per heavy atom. The number of amides is 1. The number of carbonyl (C=O) groups is 1. The van der Waals surface area contributed by atoms with Crippen molar-refractivity contribution >= 4 is 11.6 Å². The molecule has 0 radical (unpaired) electrons. The number of nitrogens with one attached hydrogen (secondary N) is 1. The van der Waals surface area contributed by atoms with Gasteiger partial charge in [0.1, 0.15) is 5.75 Å². The Morgan fingerprint density at radius 2 is 2.00 bits per heavy atom. The van der Waals surface area contributed by atoms with Gasteiger partial charge < -0.3 is 15.8 Å². The number of carbonyl (C=O) groups excluding carboxylic acids is 1. The highest BCUT2D eigenvalue weighted by molar-refractivity contribution is 5.98. The highest BCUT2D eigenvalue weighted by Crippen LogP contribution is 2.20.